The van der Waals surface area contributed by atoms with Crippen molar-refractivity contribution >= 4 is 29.1 Å². The van der Waals surface area contributed by atoms with Crippen molar-refractivity contribution in [2.75, 3.05) is 18.4 Å². The molecule has 2 N–H and O–H groups in total. The summed E-state index contributed by atoms with van der Waals surface area (Å²) in [5.41, 5.74) is 2.07. The molecule has 9 heteroatoms. The first-order valence-corrected chi connectivity index (χ1v) is 10.6. The number of carbonyl (C=O) groups is 1. The number of halogens is 2. The lowest BCUT2D eigenvalue weighted by Gasteiger charge is -2.33. The fourth-order valence-electron chi connectivity index (χ4n) is 3.96. The number of hydrogen-bond donors (Lipinski definition) is 2. The van der Waals surface area contributed by atoms with Crippen molar-refractivity contribution in [2.45, 2.75) is 33.1 Å². The van der Waals surface area contributed by atoms with Crippen LogP contribution in [0.5, 0.6) is 0 Å². The summed E-state index contributed by atoms with van der Waals surface area (Å²) in [6.45, 7) is 5.00. The molecule has 0 saturated carbocycles. The van der Waals surface area contributed by atoms with Gasteiger partial charge in [0.15, 0.2) is 5.82 Å². The first-order chi connectivity index (χ1) is 14.9. The molecule has 1 saturated heterocycles. The van der Waals surface area contributed by atoms with E-state index in [0.29, 0.717) is 30.5 Å². The van der Waals surface area contributed by atoms with Crippen molar-refractivity contribution in [3.8, 4) is 0 Å². The second-order valence-electron chi connectivity index (χ2n) is 7.92. The SMILES string of the molecule is Cc1nc(CC2CCCN(C(=O)c3cccc(F)c3Cl)C2)cc(Nc2cc(C)[nH]n2)n1. The van der Waals surface area contributed by atoms with Crippen LogP contribution in [-0.4, -0.2) is 44.1 Å². The number of anilines is 2. The third-order valence-electron chi connectivity index (χ3n) is 5.34. The van der Waals surface area contributed by atoms with E-state index in [4.69, 9.17) is 11.6 Å². The number of rotatable bonds is 5. The van der Waals surface area contributed by atoms with Crippen LogP contribution < -0.4 is 5.32 Å². The molecule has 7 nitrogen and oxygen atoms in total. The van der Waals surface area contributed by atoms with Crippen LogP contribution in [0.1, 0.15) is 40.4 Å². The number of piperidine rings is 1. The number of H-pyrrole nitrogens is 1. The van der Waals surface area contributed by atoms with Crippen LogP contribution in [0, 0.1) is 25.6 Å². The zero-order chi connectivity index (χ0) is 22.0. The molecule has 2 aromatic heterocycles. The predicted octanol–water partition coefficient (Wildman–Crippen LogP) is 4.45. The minimum atomic E-state index is -0.579. The second-order valence-corrected chi connectivity index (χ2v) is 8.30. The number of nitrogens with one attached hydrogen (secondary N) is 2. The van der Waals surface area contributed by atoms with Gasteiger partial charge in [0, 0.05) is 36.6 Å². The van der Waals surface area contributed by atoms with Gasteiger partial charge in [0.05, 0.1) is 10.6 Å². The lowest BCUT2D eigenvalue weighted by molar-refractivity contribution is 0.0672. The molecule has 1 atom stereocenters. The highest BCUT2D eigenvalue weighted by molar-refractivity contribution is 6.34. The highest BCUT2D eigenvalue weighted by Crippen LogP contribution is 2.26. The molecule has 1 amide bonds. The molecule has 1 aromatic carbocycles. The Bertz CT molecular complexity index is 1100. The fraction of sp³-hybridized carbons (Fsp3) is 0.364. The Labute approximate surface area is 185 Å². The predicted molar refractivity (Wildman–Crippen MR) is 117 cm³/mol. The third-order valence-corrected chi connectivity index (χ3v) is 5.72. The van der Waals surface area contributed by atoms with Crippen molar-refractivity contribution in [2.24, 2.45) is 5.92 Å². The smallest absolute Gasteiger partial charge is 0.255 e. The van der Waals surface area contributed by atoms with Crippen molar-refractivity contribution in [3.63, 3.8) is 0 Å². The number of likely N-dealkylation sites (tertiary alicyclic amines) is 1. The highest BCUT2D eigenvalue weighted by Gasteiger charge is 2.27. The van der Waals surface area contributed by atoms with Gasteiger partial charge in [-0.2, -0.15) is 5.10 Å². The number of hydrogen-bond acceptors (Lipinski definition) is 5. The summed E-state index contributed by atoms with van der Waals surface area (Å²) in [5.74, 6) is 1.49. The molecular formula is C22H24ClFN6O. The van der Waals surface area contributed by atoms with Gasteiger partial charge < -0.3 is 10.2 Å². The number of amides is 1. The maximum Gasteiger partial charge on any atom is 0.255 e. The molecule has 1 aliphatic rings. The van der Waals surface area contributed by atoms with E-state index in [2.05, 4.69) is 25.5 Å². The molecule has 0 spiro atoms. The van der Waals surface area contributed by atoms with Crippen LogP contribution in [0.2, 0.25) is 5.02 Å². The van der Waals surface area contributed by atoms with Crippen molar-refractivity contribution in [1.29, 1.82) is 0 Å². The van der Waals surface area contributed by atoms with E-state index in [9.17, 15) is 9.18 Å². The van der Waals surface area contributed by atoms with Crippen LogP contribution in [0.3, 0.4) is 0 Å². The number of aromatic nitrogens is 4. The van der Waals surface area contributed by atoms with E-state index in [0.717, 1.165) is 30.7 Å². The van der Waals surface area contributed by atoms with Gasteiger partial charge in [0.2, 0.25) is 0 Å². The Morgan fingerprint density at radius 3 is 2.90 bits per heavy atom. The summed E-state index contributed by atoms with van der Waals surface area (Å²) in [6, 6.07) is 8.15. The summed E-state index contributed by atoms with van der Waals surface area (Å²) in [6.07, 6.45) is 2.59. The average Bonchev–Trinajstić information content (AvgIpc) is 3.14. The molecule has 1 unspecified atom stereocenters. The zero-order valence-corrected chi connectivity index (χ0v) is 18.2. The van der Waals surface area contributed by atoms with Gasteiger partial charge in [-0.15, -0.1) is 0 Å². The summed E-state index contributed by atoms with van der Waals surface area (Å²) in [7, 11) is 0. The quantitative estimate of drug-likeness (QED) is 0.609. The molecule has 0 aliphatic carbocycles. The lowest BCUT2D eigenvalue weighted by Crippen LogP contribution is -2.40. The topological polar surface area (TPSA) is 86.8 Å². The first kappa shape index (κ1) is 21.2. The van der Waals surface area contributed by atoms with Gasteiger partial charge in [0.1, 0.15) is 17.5 Å². The molecular weight excluding hydrogens is 419 g/mol. The second kappa shape index (κ2) is 9.01. The van der Waals surface area contributed by atoms with Gasteiger partial charge in [-0.25, -0.2) is 14.4 Å². The molecule has 1 fully saturated rings. The number of nitrogens with zero attached hydrogens (tertiary/aromatic N) is 4. The van der Waals surface area contributed by atoms with E-state index < -0.39 is 5.82 Å². The number of aryl methyl sites for hydroxylation is 2. The average molecular weight is 443 g/mol. The standard InChI is InChI=1S/C22H24ClFN6O/c1-13-9-20(29-28-13)27-19-11-16(25-14(2)26-19)10-15-5-4-8-30(12-15)22(31)17-6-3-7-18(24)21(17)23/h3,6-7,9,11,15H,4-5,8,10,12H2,1-2H3,(H2,25,26,27,28,29). The lowest BCUT2D eigenvalue weighted by atomic mass is 9.92. The highest BCUT2D eigenvalue weighted by atomic mass is 35.5. The van der Waals surface area contributed by atoms with E-state index in [1.165, 1.54) is 12.1 Å². The molecule has 0 radical (unpaired) electrons. The van der Waals surface area contributed by atoms with E-state index in [-0.39, 0.29) is 22.4 Å². The monoisotopic (exact) mass is 442 g/mol. The number of aromatic amines is 1. The van der Waals surface area contributed by atoms with Crippen LogP contribution in [0.25, 0.3) is 0 Å². The fourth-order valence-corrected chi connectivity index (χ4v) is 4.17. The van der Waals surface area contributed by atoms with E-state index >= 15 is 0 Å². The van der Waals surface area contributed by atoms with E-state index in [1.54, 1.807) is 11.0 Å². The maximum absolute atomic E-state index is 13.8. The molecule has 4 rings (SSSR count). The van der Waals surface area contributed by atoms with Crippen LogP contribution >= 0.6 is 11.6 Å². The molecule has 3 heterocycles. The normalized spacial score (nSPS) is 16.4. The van der Waals surface area contributed by atoms with Crippen molar-refractivity contribution in [3.05, 3.63) is 63.9 Å². The van der Waals surface area contributed by atoms with Gasteiger partial charge in [0.25, 0.3) is 5.91 Å². The van der Waals surface area contributed by atoms with Crippen molar-refractivity contribution in [1.82, 2.24) is 25.1 Å². The molecule has 0 bridgehead atoms. The maximum atomic E-state index is 13.8. The number of carbonyl (C=O) groups excluding carboxylic acids is 1. The van der Waals surface area contributed by atoms with Gasteiger partial charge in [-0.3, -0.25) is 9.89 Å². The Balaban J connectivity index is 1.45. The summed E-state index contributed by atoms with van der Waals surface area (Å²) in [5, 5.41) is 10.1. The van der Waals surface area contributed by atoms with Crippen LogP contribution in [0.4, 0.5) is 16.0 Å². The summed E-state index contributed by atoms with van der Waals surface area (Å²) >= 11 is 6.02. The molecule has 31 heavy (non-hydrogen) atoms. The van der Waals surface area contributed by atoms with Crippen LogP contribution in [0.15, 0.2) is 30.3 Å². The van der Waals surface area contributed by atoms with Gasteiger partial charge in [-0.05, 0) is 51.2 Å². The number of benzene rings is 1. The van der Waals surface area contributed by atoms with Crippen LogP contribution in [-0.2, 0) is 6.42 Å². The van der Waals surface area contributed by atoms with E-state index in [1.807, 2.05) is 26.0 Å². The Morgan fingerprint density at radius 1 is 1.29 bits per heavy atom. The third kappa shape index (κ3) is 5.02. The van der Waals surface area contributed by atoms with Gasteiger partial charge >= 0.3 is 0 Å². The molecule has 3 aromatic rings. The Morgan fingerprint density at radius 2 is 2.13 bits per heavy atom. The minimum Gasteiger partial charge on any atom is -0.338 e. The minimum absolute atomic E-state index is 0.120. The Hall–Kier alpha value is -3.00. The van der Waals surface area contributed by atoms with Gasteiger partial charge in [-0.1, -0.05) is 17.7 Å². The first-order valence-electron chi connectivity index (χ1n) is 10.3. The zero-order valence-electron chi connectivity index (χ0n) is 17.5. The molecule has 1 aliphatic heterocycles. The van der Waals surface area contributed by atoms with Crippen molar-refractivity contribution < 1.29 is 9.18 Å². The largest absolute Gasteiger partial charge is 0.338 e. The summed E-state index contributed by atoms with van der Waals surface area (Å²) in [4.78, 5) is 23.7. The summed E-state index contributed by atoms with van der Waals surface area (Å²) < 4.78 is 13.8. The molecule has 162 valence electrons. The Kier molecular flexibility index (Phi) is 6.18.